The molecular weight excluding hydrogens is 246 g/mol. The molecule has 2 aromatic heterocycles. The molecular formula is C14H12ClN3. The molecule has 90 valence electrons. The normalized spacial score (nSPS) is 10.7. The van der Waals surface area contributed by atoms with Gasteiger partial charge in [-0.1, -0.05) is 23.7 Å². The second-order valence-electron chi connectivity index (χ2n) is 4.09. The molecule has 0 unspecified atom stereocenters. The van der Waals surface area contributed by atoms with Crippen molar-refractivity contribution in [1.29, 1.82) is 0 Å². The Morgan fingerprint density at radius 1 is 1.22 bits per heavy atom. The lowest BCUT2D eigenvalue weighted by atomic mass is 10.2. The van der Waals surface area contributed by atoms with Crippen LogP contribution in [0.4, 0.5) is 5.69 Å². The van der Waals surface area contributed by atoms with Crippen molar-refractivity contribution < 1.29 is 0 Å². The van der Waals surface area contributed by atoms with Crippen LogP contribution in [0.5, 0.6) is 0 Å². The summed E-state index contributed by atoms with van der Waals surface area (Å²) in [6, 6.07) is 11.8. The van der Waals surface area contributed by atoms with Crippen LogP contribution < -0.4 is 5.32 Å². The van der Waals surface area contributed by atoms with Crippen molar-refractivity contribution in [2.75, 3.05) is 5.32 Å². The second kappa shape index (κ2) is 4.70. The fourth-order valence-corrected chi connectivity index (χ4v) is 2.16. The molecule has 0 saturated carbocycles. The van der Waals surface area contributed by atoms with Crippen molar-refractivity contribution in [3.63, 3.8) is 0 Å². The van der Waals surface area contributed by atoms with E-state index >= 15 is 0 Å². The summed E-state index contributed by atoms with van der Waals surface area (Å²) >= 11 is 5.96. The number of rotatable bonds is 3. The highest BCUT2D eigenvalue weighted by molar-refractivity contribution is 6.30. The van der Waals surface area contributed by atoms with E-state index in [0.29, 0.717) is 0 Å². The van der Waals surface area contributed by atoms with Crippen LogP contribution in [-0.4, -0.2) is 9.97 Å². The zero-order valence-electron chi connectivity index (χ0n) is 9.65. The molecule has 2 heterocycles. The Bertz CT molecular complexity index is 675. The van der Waals surface area contributed by atoms with Crippen LogP contribution in [0.3, 0.4) is 0 Å². The second-order valence-corrected chi connectivity index (χ2v) is 4.52. The van der Waals surface area contributed by atoms with Gasteiger partial charge in [0.2, 0.25) is 0 Å². The van der Waals surface area contributed by atoms with Crippen LogP contribution in [0.25, 0.3) is 11.0 Å². The Morgan fingerprint density at radius 3 is 3.06 bits per heavy atom. The molecule has 0 aliphatic heterocycles. The highest BCUT2D eigenvalue weighted by Crippen LogP contribution is 2.21. The quantitative estimate of drug-likeness (QED) is 0.749. The summed E-state index contributed by atoms with van der Waals surface area (Å²) in [5.74, 6) is 0. The maximum absolute atomic E-state index is 5.96. The van der Waals surface area contributed by atoms with Gasteiger partial charge in [-0.05, 0) is 29.8 Å². The molecule has 2 N–H and O–H groups in total. The summed E-state index contributed by atoms with van der Waals surface area (Å²) in [6.07, 6.45) is 3.71. The number of nitrogens with zero attached hydrogens (tertiary/aromatic N) is 1. The Morgan fingerprint density at radius 2 is 2.17 bits per heavy atom. The minimum atomic E-state index is 0.738. The van der Waals surface area contributed by atoms with E-state index in [-0.39, 0.29) is 0 Å². The lowest BCUT2D eigenvalue weighted by Gasteiger charge is -2.05. The average Bonchev–Trinajstić information content (AvgIpc) is 2.80. The van der Waals surface area contributed by atoms with Gasteiger partial charge in [-0.15, -0.1) is 0 Å². The maximum Gasteiger partial charge on any atom is 0.139 e. The predicted molar refractivity (Wildman–Crippen MR) is 74.9 cm³/mol. The molecule has 3 aromatic rings. The number of benzene rings is 1. The van der Waals surface area contributed by atoms with Gasteiger partial charge in [0, 0.05) is 29.3 Å². The molecule has 0 bridgehead atoms. The number of anilines is 1. The van der Waals surface area contributed by atoms with Crippen molar-refractivity contribution in [3.8, 4) is 0 Å². The van der Waals surface area contributed by atoms with Crippen LogP contribution >= 0.6 is 11.6 Å². The van der Waals surface area contributed by atoms with Gasteiger partial charge in [0.1, 0.15) is 5.65 Å². The molecule has 3 nitrogen and oxygen atoms in total. The van der Waals surface area contributed by atoms with E-state index < -0.39 is 0 Å². The van der Waals surface area contributed by atoms with Crippen LogP contribution in [0.15, 0.2) is 48.8 Å². The lowest BCUT2D eigenvalue weighted by molar-refractivity contribution is 1.15. The maximum atomic E-state index is 5.96. The highest BCUT2D eigenvalue weighted by atomic mass is 35.5. The number of aromatic nitrogens is 2. The molecule has 1 aromatic carbocycles. The number of aromatic amines is 1. The number of fused-ring (bicyclic) bond motifs is 1. The Balaban J connectivity index is 1.81. The van der Waals surface area contributed by atoms with Gasteiger partial charge < -0.3 is 10.3 Å². The summed E-state index contributed by atoms with van der Waals surface area (Å²) < 4.78 is 0. The number of hydrogen-bond acceptors (Lipinski definition) is 2. The molecule has 0 fully saturated rings. The SMILES string of the molecule is Clc1cccc(CNc2c[nH]c3ncccc23)c1. The molecule has 0 aliphatic carbocycles. The fraction of sp³-hybridized carbons (Fsp3) is 0.0714. The molecule has 4 heteroatoms. The molecule has 0 radical (unpaired) electrons. The Labute approximate surface area is 110 Å². The van der Waals surface area contributed by atoms with Gasteiger partial charge >= 0.3 is 0 Å². The number of hydrogen-bond donors (Lipinski definition) is 2. The zero-order valence-corrected chi connectivity index (χ0v) is 10.4. The third-order valence-corrected chi connectivity index (χ3v) is 3.06. The van der Waals surface area contributed by atoms with Crippen molar-refractivity contribution in [1.82, 2.24) is 9.97 Å². The van der Waals surface area contributed by atoms with Gasteiger partial charge in [-0.2, -0.15) is 0 Å². The third-order valence-electron chi connectivity index (χ3n) is 2.82. The first-order chi connectivity index (χ1) is 8.83. The molecule has 0 spiro atoms. The fourth-order valence-electron chi connectivity index (χ4n) is 1.95. The van der Waals surface area contributed by atoms with E-state index in [1.54, 1.807) is 6.20 Å². The van der Waals surface area contributed by atoms with E-state index in [9.17, 15) is 0 Å². The standard InChI is InChI=1S/C14H12ClN3/c15-11-4-1-3-10(7-11)8-17-13-9-18-14-12(13)5-2-6-16-14/h1-7,9,17H,8H2,(H,16,18). The lowest BCUT2D eigenvalue weighted by Crippen LogP contribution is -1.98. The average molecular weight is 258 g/mol. The summed E-state index contributed by atoms with van der Waals surface area (Å²) in [7, 11) is 0. The van der Waals surface area contributed by atoms with Crippen molar-refractivity contribution in [2.45, 2.75) is 6.54 Å². The van der Waals surface area contributed by atoms with Gasteiger partial charge in [-0.3, -0.25) is 0 Å². The molecule has 0 aliphatic rings. The number of pyridine rings is 1. The van der Waals surface area contributed by atoms with Crippen molar-refractivity contribution in [3.05, 3.63) is 59.4 Å². The van der Waals surface area contributed by atoms with Gasteiger partial charge in [0.05, 0.1) is 5.69 Å². The minimum absolute atomic E-state index is 0.738. The summed E-state index contributed by atoms with van der Waals surface area (Å²) in [5, 5.41) is 5.24. The van der Waals surface area contributed by atoms with E-state index in [4.69, 9.17) is 11.6 Å². The van der Waals surface area contributed by atoms with Crippen LogP contribution in [0.2, 0.25) is 5.02 Å². The van der Waals surface area contributed by atoms with E-state index in [2.05, 4.69) is 15.3 Å². The van der Waals surface area contributed by atoms with E-state index in [1.807, 2.05) is 42.6 Å². The smallest absolute Gasteiger partial charge is 0.139 e. The topological polar surface area (TPSA) is 40.7 Å². The highest BCUT2D eigenvalue weighted by Gasteiger charge is 2.03. The molecule has 0 atom stereocenters. The Hall–Kier alpha value is -2.00. The molecule has 0 saturated heterocycles. The Kier molecular flexibility index (Phi) is 2.90. The first kappa shape index (κ1) is 11.1. The minimum Gasteiger partial charge on any atom is -0.379 e. The van der Waals surface area contributed by atoms with Gasteiger partial charge in [0.15, 0.2) is 0 Å². The van der Waals surface area contributed by atoms with Crippen LogP contribution in [0, 0.1) is 0 Å². The summed E-state index contributed by atoms with van der Waals surface area (Å²) in [6.45, 7) is 0.738. The van der Waals surface area contributed by atoms with Crippen LogP contribution in [0.1, 0.15) is 5.56 Å². The molecule has 0 amide bonds. The largest absolute Gasteiger partial charge is 0.379 e. The third kappa shape index (κ3) is 2.17. The number of halogens is 1. The van der Waals surface area contributed by atoms with Crippen molar-refractivity contribution >= 4 is 28.3 Å². The van der Waals surface area contributed by atoms with Crippen LogP contribution in [-0.2, 0) is 6.54 Å². The van der Waals surface area contributed by atoms with E-state index in [1.165, 1.54) is 0 Å². The van der Waals surface area contributed by atoms with Crippen molar-refractivity contribution in [2.24, 2.45) is 0 Å². The number of nitrogens with one attached hydrogen (secondary N) is 2. The zero-order chi connectivity index (χ0) is 12.4. The predicted octanol–water partition coefficient (Wildman–Crippen LogP) is 3.83. The molecule has 18 heavy (non-hydrogen) atoms. The first-order valence-electron chi connectivity index (χ1n) is 5.73. The summed E-state index contributed by atoms with van der Waals surface area (Å²) in [5.41, 5.74) is 3.10. The monoisotopic (exact) mass is 257 g/mol. The van der Waals surface area contributed by atoms with Gasteiger partial charge in [-0.25, -0.2) is 4.98 Å². The van der Waals surface area contributed by atoms with E-state index in [0.717, 1.165) is 33.9 Å². The first-order valence-corrected chi connectivity index (χ1v) is 6.11. The summed E-state index contributed by atoms with van der Waals surface area (Å²) in [4.78, 5) is 7.39. The number of H-pyrrole nitrogens is 1. The molecule has 3 rings (SSSR count). The van der Waals surface area contributed by atoms with Gasteiger partial charge in [0.25, 0.3) is 0 Å².